The summed E-state index contributed by atoms with van der Waals surface area (Å²) >= 11 is 0. The minimum absolute atomic E-state index is 0.0948. The van der Waals surface area contributed by atoms with Crippen LogP contribution in [0.1, 0.15) is 25.5 Å². The van der Waals surface area contributed by atoms with E-state index in [-0.39, 0.29) is 11.8 Å². The summed E-state index contributed by atoms with van der Waals surface area (Å²) < 4.78 is 25.1. The van der Waals surface area contributed by atoms with Crippen molar-refractivity contribution in [3.8, 4) is 0 Å². The molecule has 0 bridgehead atoms. The Labute approximate surface area is 84.4 Å². The fraction of sp³-hybridized carbons (Fsp3) is 0.444. The standard InChI is InChI=1S/C9H14N2O2S/c1-3-14(12,13)11-8(2)9-5-4-6-10-7-9/h4-8,11H,3H2,1-2H3/t8-/m1/s1. The van der Waals surface area contributed by atoms with Crippen molar-refractivity contribution < 1.29 is 8.42 Å². The monoisotopic (exact) mass is 214 g/mol. The van der Waals surface area contributed by atoms with Gasteiger partial charge in [-0.1, -0.05) is 6.07 Å². The zero-order valence-corrected chi connectivity index (χ0v) is 9.08. The Kier molecular flexibility index (Phi) is 3.60. The van der Waals surface area contributed by atoms with Crippen LogP contribution in [0.25, 0.3) is 0 Å². The molecule has 0 saturated heterocycles. The summed E-state index contributed by atoms with van der Waals surface area (Å²) in [5.41, 5.74) is 0.865. The topological polar surface area (TPSA) is 59.1 Å². The molecular formula is C9H14N2O2S. The van der Waals surface area contributed by atoms with Crippen molar-refractivity contribution in [2.45, 2.75) is 19.9 Å². The first kappa shape index (κ1) is 11.1. The lowest BCUT2D eigenvalue weighted by Gasteiger charge is -2.12. The second kappa shape index (κ2) is 4.52. The average Bonchev–Trinajstić information content (AvgIpc) is 2.19. The number of hydrogen-bond acceptors (Lipinski definition) is 3. The molecule has 4 nitrogen and oxygen atoms in total. The van der Waals surface area contributed by atoms with Crippen LogP contribution in [0.5, 0.6) is 0 Å². The SMILES string of the molecule is CCS(=O)(=O)N[C@H](C)c1cccnc1. The number of nitrogens with one attached hydrogen (secondary N) is 1. The maximum absolute atomic E-state index is 11.3. The van der Waals surface area contributed by atoms with Crippen molar-refractivity contribution in [3.05, 3.63) is 30.1 Å². The number of nitrogens with zero attached hydrogens (tertiary/aromatic N) is 1. The molecule has 0 radical (unpaired) electrons. The first-order valence-corrected chi connectivity index (χ1v) is 6.10. The van der Waals surface area contributed by atoms with E-state index in [1.165, 1.54) is 0 Å². The third-order valence-electron chi connectivity index (χ3n) is 1.92. The number of sulfonamides is 1. The maximum Gasteiger partial charge on any atom is 0.211 e. The molecule has 0 aliphatic rings. The summed E-state index contributed by atoms with van der Waals surface area (Å²) in [6.07, 6.45) is 3.31. The van der Waals surface area contributed by atoms with Crippen LogP contribution < -0.4 is 4.72 Å². The predicted octanol–water partition coefficient (Wildman–Crippen LogP) is 1.08. The number of aromatic nitrogens is 1. The van der Waals surface area contributed by atoms with E-state index < -0.39 is 10.0 Å². The maximum atomic E-state index is 11.3. The molecule has 0 spiro atoms. The lowest BCUT2D eigenvalue weighted by molar-refractivity contribution is 0.568. The van der Waals surface area contributed by atoms with Crippen LogP contribution in [0, 0.1) is 0 Å². The van der Waals surface area contributed by atoms with Crippen LogP contribution in [-0.2, 0) is 10.0 Å². The van der Waals surface area contributed by atoms with E-state index in [0.29, 0.717) is 0 Å². The smallest absolute Gasteiger partial charge is 0.211 e. The van der Waals surface area contributed by atoms with Gasteiger partial charge in [-0.05, 0) is 25.5 Å². The van der Waals surface area contributed by atoms with Crippen LogP contribution in [0.3, 0.4) is 0 Å². The third kappa shape index (κ3) is 3.08. The predicted molar refractivity (Wildman–Crippen MR) is 55.2 cm³/mol. The fourth-order valence-electron chi connectivity index (χ4n) is 1.05. The van der Waals surface area contributed by atoms with Crippen molar-refractivity contribution in [2.75, 3.05) is 5.75 Å². The second-order valence-electron chi connectivity index (χ2n) is 3.03. The van der Waals surface area contributed by atoms with Crippen molar-refractivity contribution in [3.63, 3.8) is 0 Å². The number of pyridine rings is 1. The fourth-order valence-corrected chi connectivity index (χ4v) is 1.89. The van der Waals surface area contributed by atoms with Gasteiger partial charge in [0.1, 0.15) is 0 Å². The van der Waals surface area contributed by atoms with E-state index >= 15 is 0 Å². The molecule has 0 aromatic carbocycles. The van der Waals surface area contributed by atoms with E-state index in [0.717, 1.165) is 5.56 Å². The van der Waals surface area contributed by atoms with Crippen molar-refractivity contribution >= 4 is 10.0 Å². The molecule has 1 rings (SSSR count). The van der Waals surface area contributed by atoms with Gasteiger partial charge in [0.05, 0.1) is 5.75 Å². The van der Waals surface area contributed by atoms with Gasteiger partial charge in [0.25, 0.3) is 0 Å². The van der Waals surface area contributed by atoms with Gasteiger partial charge in [0.2, 0.25) is 10.0 Å². The van der Waals surface area contributed by atoms with E-state index in [4.69, 9.17) is 0 Å². The molecule has 1 N–H and O–H groups in total. The van der Waals surface area contributed by atoms with Gasteiger partial charge in [-0.2, -0.15) is 0 Å². The molecule has 0 fully saturated rings. The minimum Gasteiger partial charge on any atom is -0.264 e. The van der Waals surface area contributed by atoms with E-state index in [1.54, 1.807) is 32.3 Å². The van der Waals surface area contributed by atoms with Gasteiger partial charge in [-0.15, -0.1) is 0 Å². The lowest BCUT2D eigenvalue weighted by Crippen LogP contribution is -2.28. The first-order valence-electron chi connectivity index (χ1n) is 4.45. The van der Waals surface area contributed by atoms with Crippen LogP contribution in [-0.4, -0.2) is 19.2 Å². The van der Waals surface area contributed by atoms with Crippen LogP contribution in [0.4, 0.5) is 0 Å². The molecule has 1 aromatic rings. The van der Waals surface area contributed by atoms with Gasteiger partial charge in [-0.25, -0.2) is 13.1 Å². The number of rotatable bonds is 4. The van der Waals surface area contributed by atoms with Gasteiger partial charge < -0.3 is 0 Å². The Hall–Kier alpha value is -0.940. The Balaban J connectivity index is 2.74. The van der Waals surface area contributed by atoms with Crippen LogP contribution in [0.15, 0.2) is 24.5 Å². The third-order valence-corrected chi connectivity index (χ3v) is 3.39. The van der Waals surface area contributed by atoms with Crippen molar-refractivity contribution in [1.29, 1.82) is 0 Å². The van der Waals surface area contributed by atoms with Crippen LogP contribution >= 0.6 is 0 Å². The summed E-state index contributed by atoms with van der Waals surface area (Å²) in [4.78, 5) is 3.93. The molecule has 0 unspecified atom stereocenters. The molecule has 0 amide bonds. The molecule has 78 valence electrons. The quantitative estimate of drug-likeness (QED) is 0.816. The highest BCUT2D eigenvalue weighted by Crippen LogP contribution is 2.10. The normalized spacial score (nSPS) is 13.9. The highest BCUT2D eigenvalue weighted by Gasteiger charge is 2.12. The van der Waals surface area contributed by atoms with Crippen molar-refractivity contribution in [1.82, 2.24) is 9.71 Å². The molecule has 0 aliphatic carbocycles. The van der Waals surface area contributed by atoms with E-state index in [1.807, 2.05) is 6.07 Å². The molecule has 1 atom stereocenters. The summed E-state index contributed by atoms with van der Waals surface area (Å²) in [5, 5.41) is 0. The Morgan fingerprint density at radius 3 is 2.79 bits per heavy atom. The van der Waals surface area contributed by atoms with E-state index in [2.05, 4.69) is 9.71 Å². The summed E-state index contributed by atoms with van der Waals surface area (Å²) in [6.45, 7) is 3.41. The first-order chi connectivity index (χ1) is 6.55. The Morgan fingerprint density at radius 2 is 2.29 bits per heavy atom. The molecular weight excluding hydrogens is 200 g/mol. The summed E-state index contributed by atoms with van der Waals surface area (Å²) in [7, 11) is -3.14. The molecule has 1 heterocycles. The Bertz CT molecular complexity index is 375. The summed E-state index contributed by atoms with van der Waals surface area (Å²) in [5.74, 6) is 0.0948. The molecule has 14 heavy (non-hydrogen) atoms. The highest BCUT2D eigenvalue weighted by molar-refractivity contribution is 7.89. The zero-order chi connectivity index (χ0) is 10.6. The highest BCUT2D eigenvalue weighted by atomic mass is 32.2. The van der Waals surface area contributed by atoms with E-state index in [9.17, 15) is 8.42 Å². The minimum atomic E-state index is -3.14. The van der Waals surface area contributed by atoms with Gasteiger partial charge >= 0.3 is 0 Å². The average molecular weight is 214 g/mol. The largest absolute Gasteiger partial charge is 0.264 e. The zero-order valence-electron chi connectivity index (χ0n) is 8.27. The Morgan fingerprint density at radius 1 is 1.57 bits per heavy atom. The second-order valence-corrected chi connectivity index (χ2v) is 5.07. The van der Waals surface area contributed by atoms with Gasteiger partial charge in [0, 0.05) is 18.4 Å². The van der Waals surface area contributed by atoms with Gasteiger partial charge in [-0.3, -0.25) is 4.98 Å². The molecule has 5 heteroatoms. The molecule has 0 aliphatic heterocycles. The van der Waals surface area contributed by atoms with Gasteiger partial charge in [0.15, 0.2) is 0 Å². The lowest BCUT2D eigenvalue weighted by atomic mass is 10.2. The molecule has 0 saturated carbocycles. The number of hydrogen-bond donors (Lipinski definition) is 1. The molecule has 1 aromatic heterocycles. The van der Waals surface area contributed by atoms with Crippen LogP contribution in [0.2, 0.25) is 0 Å². The van der Waals surface area contributed by atoms with Crippen molar-refractivity contribution in [2.24, 2.45) is 0 Å². The summed E-state index contributed by atoms with van der Waals surface area (Å²) in [6, 6.07) is 3.40.